The maximum atomic E-state index is 12.8. The molecule has 28 heavy (non-hydrogen) atoms. The minimum absolute atomic E-state index is 0.208. The van der Waals surface area contributed by atoms with E-state index in [4.69, 9.17) is 9.47 Å². The number of aryl methyl sites for hydroxylation is 1. The Morgan fingerprint density at radius 2 is 1.75 bits per heavy atom. The third-order valence-corrected chi connectivity index (χ3v) is 5.04. The van der Waals surface area contributed by atoms with Gasteiger partial charge in [-0.15, -0.1) is 0 Å². The molecule has 3 rings (SSSR count). The molecule has 0 aliphatic heterocycles. The third-order valence-electron chi connectivity index (χ3n) is 5.04. The number of nitrogens with one attached hydrogen (secondary N) is 2. The van der Waals surface area contributed by atoms with Crippen LogP contribution in [0, 0.1) is 5.41 Å². The normalized spacial score (nSPS) is 14.1. The lowest BCUT2D eigenvalue weighted by molar-refractivity contribution is -0.134. The van der Waals surface area contributed by atoms with Gasteiger partial charge in [-0.1, -0.05) is 30.3 Å². The Balaban J connectivity index is 1.55. The Hall–Kier alpha value is -3.02. The van der Waals surface area contributed by atoms with E-state index in [9.17, 15) is 9.59 Å². The van der Waals surface area contributed by atoms with Crippen molar-refractivity contribution in [2.45, 2.75) is 25.7 Å². The van der Waals surface area contributed by atoms with E-state index in [-0.39, 0.29) is 11.8 Å². The molecule has 0 unspecified atom stereocenters. The molecule has 1 saturated carbocycles. The van der Waals surface area contributed by atoms with E-state index in [2.05, 4.69) is 22.8 Å². The number of amides is 2. The molecule has 1 aliphatic rings. The zero-order valence-corrected chi connectivity index (χ0v) is 16.3. The first-order valence-corrected chi connectivity index (χ1v) is 9.45. The number of carbonyl (C=O) groups excluding carboxylic acids is 2. The summed E-state index contributed by atoms with van der Waals surface area (Å²) in [5.41, 5.74) is 0.747. The first-order chi connectivity index (χ1) is 13.6. The van der Waals surface area contributed by atoms with Crippen LogP contribution in [0.2, 0.25) is 0 Å². The van der Waals surface area contributed by atoms with Crippen LogP contribution >= 0.6 is 0 Å². The average Bonchev–Trinajstić information content (AvgIpc) is 3.54. The highest BCUT2D eigenvalue weighted by Crippen LogP contribution is 2.47. The van der Waals surface area contributed by atoms with Crippen LogP contribution in [0.1, 0.15) is 24.8 Å². The molecule has 2 N–H and O–H groups in total. The Morgan fingerprint density at radius 3 is 2.39 bits per heavy atom. The van der Waals surface area contributed by atoms with Gasteiger partial charge in [0.1, 0.15) is 16.9 Å². The van der Waals surface area contributed by atoms with Crippen molar-refractivity contribution in [1.29, 1.82) is 0 Å². The van der Waals surface area contributed by atoms with Crippen molar-refractivity contribution >= 4 is 17.5 Å². The van der Waals surface area contributed by atoms with Crippen molar-refractivity contribution in [2.75, 3.05) is 26.1 Å². The molecule has 2 aromatic carbocycles. The Kier molecular flexibility index (Phi) is 6.19. The van der Waals surface area contributed by atoms with E-state index in [1.54, 1.807) is 25.3 Å². The summed E-state index contributed by atoms with van der Waals surface area (Å²) in [7, 11) is 3.09. The van der Waals surface area contributed by atoms with Crippen LogP contribution in [0.3, 0.4) is 0 Å². The Morgan fingerprint density at radius 1 is 1.00 bits per heavy atom. The second-order valence-corrected chi connectivity index (χ2v) is 6.95. The van der Waals surface area contributed by atoms with Crippen LogP contribution in [0.15, 0.2) is 48.5 Å². The molecule has 0 heterocycles. The summed E-state index contributed by atoms with van der Waals surface area (Å²) in [6, 6.07) is 15.3. The standard InChI is InChI=1S/C22H26N2O4/c1-27-17-10-11-19(28-2)18(15-17)24-21(26)22(12-13-22)20(25)23-14-6-9-16-7-4-3-5-8-16/h3-5,7-8,10-11,15H,6,9,12-14H2,1-2H3,(H,23,25)(H,24,26). The molecule has 0 aromatic heterocycles. The minimum Gasteiger partial charge on any atom is -0.497 e. The zero-order valence-electron chi connectivity index (χ0n) is 16.3. The highest BCUT2D eigenvalue weighted by Gasteiger charge is 2.56. The highest BCUT2D eigenvalue weighted by atomic mass is 16.5. The third kappa shape index (κ3) is 4.44. The van der Waals surface area contributed by atoms with Gasteiger partial charge in [0.25, 0.3) is 0 Å². The van der Waals surface area contributed by atoms with Gasteiger partial charge in [-0.2, -0.15) is 0 Å². The van der Waals surface area contributed by atoms with Gasteiger partial charge < -0.3 is 20.1 Å². The predicted molar refractivity (Wildman–Crippen MR) is 108 cm³/mol. The molecule has 0 spiro atoms. The number of benzene rings is 2. The molecule has 0 atom stereocenters. The van der Waals surface area contributed by atoms with E-state index in [0.717, 1.165) is 12.8 Å². The summed E-state index contributed by atoms with van der Waals surface area (Å²) in [5, 5.41) is 5.75. The molecule has 1 fully saturated rings. The zero-order chi connectivity index (χ0) is 20.0. The van der Waals surface area contributed by atoms with Gasteiger partial charge in [-0.25, -0.2) is 0 Å². The molecule has 6 nitrogen and oxygen atoms in total. The number of methoxy groups -OCH3 is 2. The lowest BCUT2D eigenvalue weighted by atomic mass is 10.0. The predicted octanol–water partition coefficient (Wildman–Crippen LogP) is 3.17. The summed E-state index contributed by atoms with van der Waals surface area (Å²) >= 11 is 0. The molecule has 1 aliphatic carbocycles. The number of carbonyl (C=O) groups is 2. The van der Waals surface area contributed by atoms with Crippen LogP contribution in [0.5, 0.6) is 11.5 Å². The smallest absolute Gasteiger partial charge is 0.240 e. The lowest BCUT2D eigenvalue weighted by Crippen LogP contribution is -2.40. The summed E-state index contributed by atoms with van der Waals surface area (Å²) in [4.78, 5) is 25.4. The van der Waals surface area contributed by atoms with Gasteiger partial charge in [0.05, 0.1) is 19.9 Å². The number of rotatable bonds is 9. The number of ether oxygens (including phenoxy) is 2. The van der Waals surface area contributed by atoms with Gasteiger partial charge >= 0.3 is 0 Å². The van der Waals surface area contributed by atoms with Gasteiger partial charge in [0.2, 0.25) is 11.8 Å². The second-order valence-electron chi connectivity index (χ2n) is 6.95. The number of anilines is 1. The first kappa shape index (κ1) is 19.7. The van der Waals surface area contributed by atoms with Gasteiger partial charge in [0.15, 0.2) is 0 Å². The molecule has 6 heteroatoms. The van der Waals surface area contributed by atoms with Crippen molar-refractivity contribution in [3.8, 4) is 11.5 Å². The van der Waals surface area contributed by atoms with E-state index < -0.39 is 5.41 Å². The van der Waals surface area contributed by atoms with Crippen LogP contribution in [0.4, 0.5) is 5.69 Å². The lowest BCUT2D eigenvalue weighted by Gasteiger charge is -2.17. The average molecular weight is 382 g/mol. The topological polar surface area (TPSA) is 76.7 Å². The minimum atomic E-state index is -0.985. The molecule has 0 saturated heterocycles. The summed E-state index contributed by atoms with van der Waals surface area (Å²) < 4.78 is 10.5. The van der Waals surface area contributed by atoms with E-state index in [1.807, 2.05) is 18.2 Å². The second kappa shape index (κ2) is 8.78. The maximum absolute atomic E-state index is 12.8. The highest BCUT2D eigenvalue weighted by molar-refractivity contribution is 6.13. The SMILES string of the molecule is COc1ccc(OC)c(NC(=O)C2(C(=O)NCCCc3ccccc3)CC2)c1. The monoisotopic (exact) mass is 382 g/mol. The number of hydrogen-bond donors (Lipinski definition) is 2. The van der Waals surface area contributed by atoms with Gasteiger partial charge in [-0.05, 0) is 43.4 Å². The maximum Gasteiger partial charge on any atom is 0.240 e. The van der Waals surface area contributed by atoms with Gasteiger partial charge in [-0.3, -0.25) is 9.59 Å². The van der Waals surface area contributed by atoms with Crippen LogP contribution in [-0.4, -0.2) is 32.6 Å². The fraction of sp³-hybridized carbons (Fsp3) is 0.364. The van der Waals surface area contributed by atoms with Crippen LogP contribution in [0.25, 0.3) is 0 Å². The fourth-order valence-electron chi connectivity index (χ4n) is 3.14. The van der Waals surface area contributed by atoms with Crippen molar-refractivity contribution in [2.24, 2.45) is 5.41 Å². The molecular formula is C22H26N2O4. The van der Waals surface area contributed by atoms with Gasteiger partial charge in [0, 0.05) is 12.6 Å². The Labute approximate surface area is 165 Å². The van der Waals surface area contributed by atoms with Crippen molar-refractivity contribution in [3.05, 3.63) is 54.1 Å². The quantitative estimate of drug-likeness (QED) is 0.516. The molecular weight excluding hydrogens is 356 g/mol. The van der Waals surface area contributed by atoms with E-state index >= 15 is 0 Å². The van der Waals surface area contributed by atoms with E-state index in [1.165, 1.54) is 12.7 Å². The number of hydrogen-bond acceptors (Lipinski definition) is 4. The Bertz CT molecular complexity index is 832. The largest absolute Gasteiger partial charge is 0.497 e. The van der Waals surface area contributed by atoms with E-state index in [0.29, 0.717) is 36.6 Å². The first-order valence-electron chi connectivity index (χ1n) is 9.45. The summed E-state index contributed by atoms with van der Waals surface area (Å²) in [6.07, 6.45) is 2.82. The van der Waals surface area contributed by atoms with Crippen molar-refractivity contribution in [3.63, 3.8) is 0 Å². The molecule has 148 valence electrons. The summed E-state index contributed by atoms with van der Waals surface area (Å²) in [5.74, 6) is 0.610. The van der Waals surface area contributed by atoms with Crippen LogP contribution < -0.4 is 20.1 Å². The fourth-order valence-corrected chi connectivity index (χ4v) is 3.14. The molecule has 0 radical (unpaired) electrons. The van der Waals surface area contributed by atoms with Crippen molar-refractivity contribution in [1.82, 2.24) is 5.32 Å². The van der Waals surface area contributed by atoms with Crippen LogP contribution in [-0.2, 0) is 16.0 Å². The van der Waals surface area contributed by atoms with Crippen molar-refractivity contribution < 1.29 is 19.1 Å². The molecule has 2 aromatic rings. The summed E-state index contributed by atoms with van der Waals surface area (Å²) in [6.45, 7) is 0.547. The molecule has 0 bridgehead atoms. The molecule has 2 amide bonds.